The van der Waals surface area contributed by atoms with Gasteiger partial charge in [0.15, 0.2) is 6.23 Å². The van der Waals surface area contributed by atoms with E-state index in [9.17, 15) is 10.2 Å². The zero-order valence-electron chi connectivity index (χ0n) is 32.3. The molecule has 2 atom stereocenters. The summed E-state index contributed by atoms with van der Waals surface area (Å²) in [5.74, 6) is 0. The molecule has 0 fully saturated rings. The molecule has 0 aromatic heterocycles. The molecule has 0 heterocycles. The van der Waals surface area contributed by atoms with Gasteiger partial charge in [0.2, 0.25) is 0 Å². The molecule has 0 spiro atoms. The number of rotatable bonds is 35. The number of aliphatic hydroxyl groups is 2. The first-order valence-electron chi connectivity index (χ1n) is 20.2. The van der Waals surface area contributed by atoms with Gasteiger partial charge in [-0.25, -0.2) is 0 Å². The minimum Gasteiger partial charge on any atom is -1.00 e. The van der Waals surface area contributed by atoms with Crippen LogP contribution in [-0.2, 0) is 0 Å². The van der Waals surface area contributed by atoms with Crippen LogP contribution in [0.25, 0.3) is 0 Å². The van der Waals surface area contributed by atoms with Crippen LogP contribution in [0.2, 0.25) is 0 Å². The smallest absolute Gasteiger partial charge is 0.192 e. The van der Waals surface area contributed by atoms with E-state index in [0.717, 1.165) is 24.1 Å². The zero-order valence-corrected chi connectivity index (χ0v) is 35.5. The molecule has 0 aromatic rings. The largest absolute Gasteiger partial charge is 1.00 e. The fourth-order valence-electron chi connectivity index (χ4n) is 6.86. The summed E-state index contributed by atoms with van der Waals surface area (Å²) in [6.45, 7) is 7.42. The molecule has 6 heteroatoms. The van der Waals surface area contributed by atoms with Crippen molar-refractivity contribution in [2.75, 3.05) is 47.8 Å². The molecule has 0 saturated heterocycles. The fourth-order valence-corrected chi connectivity index (χ4v) is 6.86. The van der Waals surface area contributed by atoms with Crippen LogP contribution in [0.4, 0.5) is 0 Å². The maximum Gasteiger partial charge on any atom is 0.192 e. The molecule has 46 heavy (non-hydrogen) atoms. The first-order chi connectivity index (χ1) is 21.1. The van der Waals surface area contributed by atoms with Gasteiger partial charge in [0.05, 0.1) is 47.7 Å². The molecule has 0 radical (unpaired) electrons. The quantitative estimate of drug-likeness (QED) is 0.0529. The predicted molar refractivity (Wildman–Crippen MR) is 196 cm³/mol. The number of likely N-dealkylation sites (N-methyl/N-ethyl adjacent to an activating group) is 1. The Morgan fingerprint density at radius 3 is 0.957 bits per heavy atom. The summed E-state index contributed by atoms with van der Waals surface area (Å²) in [5, 5.41) is 21.8. The van der Waals surface area contributed by atoms with Gasteiger partial charge in [-0.15, -0.1) is 0 Å². The Labute approximate surface area is 312 Å². The average molecular weight is 787 g/mol. The lowest BCUT2D eigenvalue weighted by Gasteiger charge is -2.37. The van der Waals surface area contributed by atoms with E-state index >= 15 is 0 Å². The summed E-state index contributed by atoms with van der Waals surface area (Å²) in [7, 11) is 8.75. The summed E-state index contributed by atoms with van der Waals surface area (Å²) >= 11 is 0. The highest BCUT2D eigenvalue weighted by Gasteiger charge is 2.30. The van der Waals surface area contributed by atoms with Crippen LogP contribution in [0.5, 0.6) is 0 Å². The lowest BCUT2D eigenvalue weighted by atomic mass is 10.0. The van der Waals surface area contributed by atoms with Crippen molar-refractivity contribution in [3.8, 4) is 0 Å². The van der Waals surface area contributed by atoms with E-state index in [1.54, 1.807) is 0 Å². The van der Waals surface area contributed by atoms with Crippen LogP contribution in [0.15, 0.2) is 0 Å². The van der Waals surface area contributed by atoms with Gasteiger partial charge in [-0.2, -0.15) is 0 Å². The van der Waals surface area contributed by atoms with Gasteiger partial charge in [-0.1, -0.05) is 168 Å². The Kier molecular flexibility index (Phi) is 39.6. The van der Waals surface area contributed by atoms with E-state index in [2.05, 4.69) is 42.0 Å². The SMILES string of the molecule is CCCCCCCCCCCCCCCC[N+](C)(C)CC(O)CC(O)[N+](C)(C)CCCCCCCCCCCCCCCC.[Br-].[Br-]. The van der Waals surface area contributed by atoms with Crippen molar-refractivity contribution < 1.29 is 53.1 Å². The lowest BCUT2D eigenvalue weighted by molar-refractivity contribution is -0.939. The van der Waals surface area contributed by atoms with Crippen molar-refractivity contribution in [1.82, 2.24) is 0 Å². The number of aliphatic hydroxyl groups excluding tert-OH is 2. The molecule has 0 saturated carbocycles. The van der Waals surface area contributed by atoms with Crippen molar-refractivity contribution in [3.05, 3.63) is 0 Å². The van der Waals surface area contributed by atoms with Gasteiger partial charge >= 0.3 is 0 Å². The van der Waals surface area contributed by atoms with Crippen molar-refractivity contribution in [2.24, 2.45) is 0 Å². The standard InChI is InChI=1S/C40H86N2O2.2BrH/c1-7-9-11-13-15-17-19-21-23-25-27-29-31-33-35-41(3,4)38-39(43)37-40(44)42(5,6)36-34-32-30-28-26-24-22-20-18-16-14-12-10-8-2;;/h39-40,43-44H,7-38H2,1-6H3;2*1H/q+2;;/p-2. The number of hydrogen-bond acceptors (Lipinski definition) is 2. The van der Waals surface area contributed by atoms with E-state index in [1.165, 1.54) is 180 Å². The van der Waals surface area contributed by atoms with Gasteiger partial charge in [0.25, 0.3) is 0 Å². The highest BCUT2D eigenvalue weighted by Crippen LogP contribution is 2.18. The van der Waals surface area contributed by atoms with Crippen molar-refractivity contribution in [1.29, 1.82) is 0 Å². The van der Waals surface area contributed by atoms with Gasteiger partial charge in [-0.3, -0.25) is 0 Å². The number of unbranched alkanes of at least 4 members (excludes halogenated alkanes) is 26. The highest BCUT2D eigenvalue weighted by molar-refractivity contribution is 4.59. The van der Waals surface area contributed by atoms with E-state index in [0.29, 0.717) is 10.9 Å². The topological polar surface area (TPSA) is 40.5 Å². The summed E-state index contributed by atoms with van der Waals surface area (Å²) in [6, 6.07) is 0. The second-order valence-electron chi connectivity index (χ2n) is 15.9. The maximum atomic E-state index is 11.0. The van der Waals surface area contributed by atoms with Gasteiger partial charge < -0.3 is 53.1 Å². The third-order valence-electron chi connectivity index (χ3n) is 10.2. The van der Waals surface area contributed by atoms with E-state index < -0.39 is 12.3 Å². The Hall–Kier alpha value is 0.800. The van der Waals surface area contributed by atoms with E-state index in [4.69, 9.17) is 0 Å². The lowest BCUT2D eigenvalue weighted by Crippen LogP contribution is -3.00. The second kappa shape index (κ2) is 35.6. The number of halogens is 2. The third-order valence-corrected chi connectivity index (χ3v) is 10.2. The maximum absolute atomic E-state index is 11.0. The second-order valence-corrected chi connectivity index (χ2v) is 15.9. The molecule has 0 amide bonds. The average Bonchev–Trinajstić information content (AvgIpc) is 2.97. The number of quaternary nitrogens is 2. The summed E-state index contributed by atoms with van der Waals surface area (Å²) in [5.41, 5.74) is 0. The van der Waals surface area contributed by atoms with Crippen molar-refractivity contribution >= 4 is 0 Å². The molecule has 0 aliphatic heterocycles. The van der Waals surface area contributed by atoms with E-state index in [1.807, 2.05) is 0 Å². The van der Waals surface area contributed by atoms with Crippen LogP contribution in [0, 0.1) is 0 Å². The van der Waals surface area contributed by atoms with Crippen molar-refractivity contribution in [3.63, 3.8) is 0 Å². The molecule has 4 nitrogen and oxygen atoms in total. The van der Waals surface area contributed by atoms with Gasteiger partial charge in [0, 0.05) is 0 Å². The van der Waals surface area contributed by atoms with Crippen LogP contribution in [0.1, 0.15) is 200 Å². The molecular weight excluding hydrogens is 700 g/mol. The summed E-state index contributed by atoms with van der Waals surface area (Å²) < 4.78 is 1.44. The molecule has 2 N–H and O–H groups in total. The normalized spacial score (nSPS) is 13.3. The molecule has 0 rings (SSSR count). The third kappa shape index (κ3) is 34.7. The predicted octanol–water partition coefficient (Wildman–Crippen LogP) is 5.18. The van der Waals surface area contributed by atoms with E-state index in [-0.39, 0.29) is 34.0 Å². The Morgan fingerprint density at radius 1 is 0.391 bits per heavy atom. The minimum absolute atomic E-state index is 0. The van der Waals surface area contributed by atoms with Gasteiger partial charge in [0.1, 0.15) is 12.6 Å². The molecule has 0 bridgehead atoms. The van der Waals surface area contributed by atoms with Crippen LogP contribution in [0.3, 0.4) is 0 Å². The number of nitrogens with zero attached hydrogens (tertiary/aromatic N) is 2. The molecule has 282 valence electrons. The first-order valence-corrected chi connectivity index (χ1v) is 20.2. The van der Waals surface area contributed by atoms with Crippen LogP contribution >= 0.6 is 0 Å². The monoisotopic (exact) mass is 785 g/mol. The number of hydrogen-bond donors (Lipinski definition) is 2. The van der Waals surface area contributed by atoms with Crippen LogP contribution in [-0.4, -0.2) is 79.3 Å². The molecule has 0 aliphatic rings. The minimum atomic E-state index is -0.493. The zero-order chi connectivity index (χ0) is 32.8. The highest BCUT2D eigenvalue weighted by atomic mass is 79.9. The molecule has 0 aromatic carbocycles. The molecular formula is C40H86Br2N2O2. The summed E-state index contributed by atoms with van der Waals surface area (Å²) in [4.78, 5) is 0. The Morgan fingerprint density at radius 2 is 0.652 bits per heavy atom. The molecule has 2 unspecified atom stereocenters. The van der Waals surface area contributed by atoms with Crippen LogP contribution < -0.4 is 34.0 Å². The van der Waals surface area contributed by atoms with Crippen molar-refractivity contribution in [2.45, 2.75) is 212 Å². The Balaban J connectivity index is -0.00000924. The van der Waals surface area contributed by atoms with Gasteiger partial charge in [-0.05, 0) is 25.7 Å². The Bertz CT molecular complexity index is 592. The first kappa shape index (κ1) is 51.2. The molecule has 0 aliphatic carbocycles. The fraction of sp³-hybridized carbons (Fsp3) is 1.00. The summed E-state index contributed by atoms with van der Waals surface area (Å²) in [6.07, 6.45) is 38.3.